The van der Waals surface area contributed by atoms with Crippen LogP contribution < -0.4 is 15.4 Å². The van der Waals surface area contributed by atoms with Crippen LogP contribution in [0.2, 0.25) is 0 Å². The molecule has 0 radical (unpaired) electrons. The molecule has 9 heteroatoms. The number of ether oxygens (including phenoxy) is 1. The first-order valence-corrected chi connectivity index (χ1v) is 9.77. The molecule has 0 unspecified atom stereocenters. The van der Waals surface area contributed by atoms with Crippen molar-refractivity contribution in [1.29, 1.82) is 0 Å². The average molecular weight is 399 g/mol. The number of rotatable bonds is 10. The number of amides is 2. The summed E-state index contributed by atoms with van der Waals surface area (Å²) in [6.45, 7) is 0.893. The third kappa shape index (κ3) is 6.51. The number of carbonyl (C=O) groups is 2. The Bertz CT molecular complexity index is 880. The van der Waals surface area contributed by atoms with Crippen LogP contribution >= 0.6 is 11.3 Å². The van der Waals surface area contributed by atoms with Gasteiger partial charge in [-0.1, -0.05) is 18.2 Å². The van der Waals surface area contributed by atoms with Crippen LogP contribution in [0, 0.1) is 0 Å². The Morgan fingerprint density at radius 2 is 2.04 bits per heavy atom. The predicted octanol–water partition coefficient (Wildman–Crippen LogP) is 2.11. The number of nitrogens with zero attached hydrogens (tertiary/aromatic N) is 3. The highest BCUT2D eigenvalue weighted by atomic mass is 32.1. The zero-order valence-electron chi connectivity index (χ0n) is 15.2. The summed E-state index contributed by atoms with van der Waals surface area (Å²) < 4.78 is 6.98. The number of thiazole rings is 1. The highest BCUT2D eigenvalue weighted by Crippen LogP contribution is 2.09. The molecule has 2 N–H and O–H groups in total. The summed E-state index contributed by atoms with van der Waals surface area (Å²) in [7, 11) is 0. The number of nitrogens with one attached hydrogen (secondary N) is 2. The third-order valence-corrected chi connectivity index (χ3v) is 4.39. The largest absolute Gasteiger partial charge is 0.493 e. The Labute approximate surface area is 166 Å². The van der Waals surface area contributed by atoms with Crippen LogP contribution in [0.3, 0.4) is 0 Å². The first-order valence-electron chi connectivity index (χ1n) is 8.83. The van der Waals surface area contributed by atoms with Crippen LogP contribution in [0.5, 0.6) is 5.75 Å². The number of benzene rings is 1. The van der Waals surface area contributed by atoms with E-state index in [2.05, 4.69) is 20.7 Å². The normalized spacial score (nSPS) is 10.4. The van der Waals surface area contributed by atoms with Crippen molar-refractivity contribution in [3.05, 3.63) is 59.3 Å². The molecule has 0 aliphatic carbocycles. The second-order valence-corrected chi connectivity index (χ2v) is 6.68. The fraction of sp³-hybridized carbons (Fsp3) is 0.263. The van der Waals surface area contributed by atoms with E-state index in [0.717, 1.165) is 11.4 Å². The zero-order valence-corrected chi connectivity index (χ0v) is 16.0. The van der Waals surface area contributed by atoms with Crippen molar-refractivity contribution in [1.82, 2.24) is 20.1 Å². The highest BCUT2D eigenvalue weighted by molar-refractivity contribution is 7.07. The molecule has 1 aromatic carbocycles. The fourth-order valence-electron chi connectivity index (χ4n) is 2.41. The van der Waals surface area contributed by atoms with Gasteiger partial charge in [0.15, 0.2) is 0 Å². The molecule has 0 fully saturated rings. The molecular formula is C19H21N5O3S. The maximum Gasteiger partial charge on any atom is 0.241 e. The van der Waals surface area contributed by atoms with E-state index in [0.29, 0.717) is 18.7 Å². The average Bonchev–Trinajstić information content (AvgIpc) is 3.35. The Balaban J connectivity index is 1.34. The summed E-state index contributed by atoms with van der Waals surface area (Å²) in [5, 5.41) is 11.6. The minimum atomic E-state index is -0.178. The van der Waals surface area contributed by atoms with Gasteiger partial charge in [0.25, 0.3) is 0 Å². The standard InChI is InChI=1S/C19H21N5O3S/c25-18(7-9-27-17-4-2-1-3-5-17)23-16-10-22-24(11-16)12-19(26)20-8-6-15-13-28-14-21-15/h1-5,10-11,13-14H,6-9,12H2,(H,20,26)(H,23,25). The van der Waals surface area contributed by atoms with Crippen LogP contribution in [-0.4, -0.2) is 39.7 Å². The van der Waals surface area contributed by atoms with Crippen molar-refractivity contribution in [2.45, 2.75) is 19.4 Å². The molecule has 0 aliphatic heterocycles. The first-order chi connectivity index (χ1) is 13.7. The Morgan fingerprint density at radius 3 is 2.82 bits per heavy atom. The lowest BCUT2D eigenvalue weighted by atomic mass is 10.3. The number of carbonyl (C=O) groups excluding carboxylic acids is 2. The van der Waals surface area contributed by atoms with Gasteiger partial charge >= 0.3 is 0 Å². The van der Waals surface area contributed by atoms with E-state index in [-0.39, 0.29) is 31.4 Å². The molecule has 0 saturated heterocycles. The van der Waals surface area contributed by atoms with Gasteiger partial charge in [0.05, 0.1) is 36.1 Å². The maximum atomic E-state index is 12.0. The topological polar surface area (TPSA) is 98.1 Å². The summed E-state index contributed by atoms with van der Waals surface area (Å²) in [4.78, 5) is 28.1. The predicted molar refractivity (Wildman–Crippen MR) is 106 cm³/mol. The van der Waals surface area contributed by atoms with Crippen LogP contribution in [0.15, 0.2) is 53.6 Å². The summed E-state index contributed by atoms with van der Waals surface area (Å²) in [6.07, 6.45) is 4.05. The van der Waals surface area contributed by atoms with Crippen LogP contribution in [0.1, 0.15) is 12.1 Å². The van der Waals surface area contributed by atoms with Crippen molar-refractivity contribution in [3.63, 3.8) is 0 Å². The first kappa shape index (κ1) is 19.6. The molecule has 2 heterocycles. The van der Waals surface area contributed by atoms with Crippen LogP contribution in [0.4, 0.5) is 5.69 Å². The second kappa shape index (κ2) is 10.2. The number of hydrogen-bond donors (Lipinski definition) is 2. The smallest absolute Gasteiger partial charge is 0.241 e. The van der Waals surface area contributed by atoms with Crippen LogP contribution in [-0.2, 0) is 22.6 Å². The SMILES string of the molecule is O=C(Cn1cc(NC(=O)CCOc2ccccc2)cn1)NCCc1cscn1. The molecule has 0 saturated carbocycles. The molecule has 2 aromatic heterocycles. The maximum absolute atomic E-state index is 12.0. The Kier molecular flexibility index (Phi) is 7.14. The van der Waals surface area contributed by atoms with Gasteiger partial charge < -0.3 is 15.4 Å². The molecule has 8 nitrogen and oxygen atoms in total. The van der Waals surface area contributed by atoms with Gasteiger partial charge in [-0.3, -0.25) is 14.3 Å². The number of para-hydroxylation sites is 1. The van der Waals surface area contributed by atoms with Crippen LogP contribution in [0.25, 0.3) is 0 Å². The van der Waals surface area contributed by atoms with Gasteiger partial charge in [0, 0.05) is 24.5 Å². The van der Waals surface area contributed by atoms with Crippen molar-refractivity contribution >= 4 is 28.8 Å². The summed E-state index contributed by atoms with van der Waals surface area (Å²) in [5.41, 5.74) is 3.27. The molecule has 3 rings (SSSR count). The molecule has 146 valence electrons. The summed E-state index contributed by atoms with van der Waals surface area (Å²) >= 11 is 1.53. The molecule has 28 heavy (non-hydrogen) atoms. The number of anilines is 1. The van der Waals surface area contributed by atoms with E-state index < -0.39 is 0 Å². The highest BCUT2D eigenvalue weighted by Gasteiger charge is 2.08. The molecule has 2 amide bonds. The molecule has 0 aliphatic rings. The van der Waals surface area contributed by atoms with E-state index in [1.807, 2.05) is 35.7 Å². The van der Waals surface area contributed by atoms with Gasteiger partial charge in [-0.2, -0.15) is 5.10 Å². The van der Waals surface area contributed by atoms with Gasteiger partial charge in [-0.25, -0.2) is 4.98 Å². The zero-order chi connectivity index (χ0) is 19.6. The molecule has 0 bridgehead atoms. The van der Waals surface area contributed by atoms with E-state index in [1.165, 1.54) is 22.2 Å². The number of aromatic nitrogens is 3. The minimum absolute atomic E-state index is 0.0874. The summed E-state index contributed by atoms with van der Waals surface area (Å²) in [5.74, 6) is 0.402. The molecule has 0 atom stereocenters. The van der Waals surface area contributed by atoms with Gasteiger partial charge in [0.2, 0.25) is 11.8 Å². The second-order valence-electron chi connectivity index (χ2n) is 5.97. The van der Waals surface area contributed by atoms with E-state index in [1.54, 1.807) is 11.7 Å². The van der Waals surface area contributed by atoms with E-state index in [9.17, 15) is 9.59 Å². The Hall–Kier alpha value is -3.20. The minimum Gasteiger partial charge on any atom is -0.493 e. The quantitative estimate of drug-likeness (QED) is 0.544. The van der Waals surface area contributed by atoms with Crippen molar-refractivity contribution in [3.8, 4) is 5.75 Å². The van der Waals surface area contributed by atoms with Crippen molar-refractivity contribution < 1.29 is 14.3 Å². The van der Waals surface area contributed by atoms with Crippen molar-refractivity contribution in [2.75, 3.05) is 18.5 Å². The lowest BCUT2D eigenvalue weighted by molar-refractivity contribution is -0.121. The molecule has 0 spiro atoms. The van der Waals surface area contributed by atoms with E-state index in [4.69, 9.17) is 4.74 Å². The molecular weight excluding hydrogens is 378 g/mol. The van der Waals surface area contributed by atoms with Crippen molar-refractivity contribution in [2.24, 2.45) is 0 Å². The van der Waals surface area contributed by atoms with E-state index >= 15 is 0 Å². The lowest BCUT2D eigenvalue weighted by Crippen LogP contribution is -2.29. The van der Waals surface area contributed by atoms with Gasteiger partial charge in [-0.05, 0) is 12.1 Å². The monoisotopic (exact) mass is 399 g/mol. The van der Waals surface area contributed by atoms with Gasteiger partial charge in [-0.15, -0.1) is 11.3 Å². The number of hydrogen-bond acceptors (Lipinski definition) is 6. The lowest BCUT2D eigenvalue weighted by Gasteiger charge is -2.06. The third-order valence-electron chi connectivity index (χ3n) is 3.75. The fourth-order valence-corrected chi connectivity index (χ4v) is 3.00. The Morgan fingerprint density at radius 1 is 1.18 bits per heavy atom. The van der Waals surface area contributed by atoms with Gasteiger partial charge in [0.1, 0.15) is 12.3 Å². The summed E-state index contributed by atoms with van der Waals surface area (Å²) in [6, 6.07) is 9.32. The molecule has 3 aromatic rings.